The van der Waals surface area contributed by atoms with Crippen LogP contribution in [0.4, 0.5) is 4.39 Å². The van der Waals surface area contributed by atoms with Crippen molar-refractivity contribution in [3.05, 3.63) is 35.6 Å². The number of methoxy groups -OCH3 is 1. The molecule has 1 fully saturated rings. The van der Waals surface area contributed by atoms with Gasteiger partial charge in [-0.15, -0.1) is 0 Å². The number of halogens is 1. The van der Waals surface area contributed by atoms with Crippen LogP contribution >= 0.6 is 0 Å². The molecule has 86 valence electrons. The predicted molar refractivity (Wildman–Crippen MR) is 58.7 cm³/mol. The maximum absolute atomic E-state index is 12.9. The average Bonchev–Trinajstić information content (AvgIpc) is 2.16. The van der Waals surface area contributed by atoms with Crippen LogP contribution in [-0.4, -0.2) is 18.5 Å². The van der Waals surface area contributed by atoms with E-state index in [-0.39, 0.29) is 18.0 Å². The molecule has 0 aliphatic heterocycles. The van der Waals surface area contributed by atoms with E-state index in [2.05, 4.69) is 0 Å². The Morgan fingerprint density at radius 2 is 2.25 bits per heavy atom. The molecule has 1 aliphatic rings. The molecule has 0 saturated heterocycles. The Balaban J connectivity index is 2.07. The monoisotopic (exact) mass is 222 g/mol. The molecule has 0 spiro atoms. The molecule has 16 heavy (non-hydrogen) atoms. The number of rotatable bonds is 4. The lowest BCUT2D eigenvalue weighted by atomic mass is 9.75. The van der Waals surface area contributed by atoms with Crippen molar-refractivity contribution in [2.45, 2.75) is 31.3 Å². The van der Waals surface area contributed by atoms with Crippen molar-refractivity contribution >= 4 is 5.78 Å². The van der Waals surface area contributed by atoms with Crippen molar-refractivity contribution in [3.8, 4) is 0 Å². The second-order valence-corrected chi connectivity index (χ2v) is 4.28. The molecular formula is C13H15FO2. The molecule has 0 unspecified atom stereocenters. The van der Waals surface area contributed by atoms with Crippen LogP contribution in [0, 0.1) is 5.82 Å². The first-order valence-corrected chi connectivity index (χ1v) is 5.49. The third-order valence-electron chi connectivity index (χ3n) is 3.31. The fraction of sp³-hybridized carbons (Fsp3) is 0.462. The summed E-state index contributed by atoms with van der Waals surface area (Å²) in [6.45, 7) is 0. The number of carbonyl (C=O) groups excluding carboxylic acids is 1. The lowest BCUT2D eigenvalue weighted by Crippen LogP contribution is -2.47. The zero-order valence-electron chi connectivity index (χ0n) is 9.33. The number of ether oxygens (including phenoxy) is 1. The number of hydrogen-bond acceptors (Lipinski definition) is 2. The van der Waals surface area contributed by atoms with E-state index in [4.69, 9.17) is 4.74 Å². The van der Waals surface area contributed by atoms with E-state index in [0.29, 0.717) is 5.56 Å². The number of Topliss-reactive ketones (excluding diaryl/α,β-unsaturated/α-hetero) is 1. The zero-order valence-corrected chi connectivity index (χ0v) is 9.33. The Hall–Kier alpha value is -1.22. The van der Waals surface area contributed by atoms with Gasteiger partial charge in [0.25, 0.3) is 0 Å². The molecule has 0 amide bonds. The molecule has 0 radical (unpaired) electrons. The lowest BCUT2D eigenvalue weighted by Gasteiger charge is -2.38. The molecule has 1 aromatic rings. The molecule has 2 nitrogen and oxygen atoms in total. The maximum atomic E-state index is 12.9. The van der Waals surface area contributed by atoms with E-state index in [1.54, 1.807) is 19.2 Å². The van der Waals surface area contributed by atoms with Crippen LogP contribution in [0.2, 0.25) is 0 Å². The molecule has 1 saturated carbocycles. The van der Waals surface area contributed by atoms with Gasteiger partial charge in [-0.25, -0.2) is 4.39 Å². The highest BCUT2D eigenvalue weighted by Crippen LogP contribution is 2.36. The second kappa shape index (κ2) is 4.34. The quantitative estimate of drug-likeness (QED) is 0.782. The summed E-state index contributed by atoms with van der Waals surface area (Å²) in [6, 6.07) is 6.17. The molecule has 0 atom stereocenters. The maximum Gasteiger partial charge on any atom is 0.168 e. The summed E-state index contributed by atoms with van der Waals surface area (Å²) in [5, 5.41) is 0. The normalized spacial score (nSPS) is 17.9. The summed E-state index contributed by atoms with van der Waals surface area (Å²) in [6.07, 6.45) is 2.86. The summed E-state index contributed by atoms with van der Waals surface area (Å²) in [5.41, 5.74) is 0.125. The topological polar surface area (TPSA) is 26.3 Å². The Kier molecular flexibility index (Phi) is 3.06. The SMILES string of the molecule is COC1(C(=O)Cc2cccc(F)c2)CCC1. The molecule has 0 N–H and O–H groups in total. The van der Waals surface area contributed by atoms with Gasteiger partial charge in [-0.1, -0.05) is 12.1 Å². The van der Waals surface area contributed by atoms with E-state index >= 15 is 0 Å². The Morgan fingerprint density at radius 1 is 1.50 bits per heavy atom. The van der Waals surface area contributed by atoms with Gasteiger partial charge < -0.3 is 4.74 Å². The number of benzene rings is 1. The molecular weight excluding hydrogens is 207 g/mol. The van der Waals surface area contributed by atoms with E-state index in [1.165, 1.54) is 12.1 Å². The number of hydrogen-bond donors (Lipinski definition) is 0. The van der Waals surface area contributed by atoms with Crippen LogP contribution in [0.15, 0.2) is 24.3 Å². The van der Waals surface area contributed by atoms with Crippen molar-refractivity contribution in [2.75, 3.05) is 7.11 Å². The average molecular weight is 222 g/mol. The van der Waals surface area contributed by atoms with Gasteiger partial charge in [-0.2, -0.15) is 0 Å². The van der Waals surface area contributed by atoms with Gasteiger partial charge in [0.1, 0.15) is 11.4 Å². The van der Waals surface area contributed by atoms with Gasteiger partial charge in [0.05, 0.1) is 0 Å². The third-order valence-corrected chi connectivity index (χ3v) is 3.31. The zero-order chi connectivity index (χ0) is 11.6. The van der Waals surface area contributed by atoms with E-state index in [9.17, 15) is 9.18 Å². The molecule has 0 bridgehead atoms. The fourth-order valence-electron chi connectivity index (χ4n) is 2.09. The van der Waals surface area contributed by atoms with Gasteiger partial charge in [0.15, 0.2) is 5.78 Å². The minimum Gasteiger partial charge on any atom is -0.370 e. The number of carbonyl (C=O) groups is 1. The van der Waals surface area contributed by atoms with Crippen molar-refractivity contribution in [1.82, 2.24) is 0 Å². The minimum atomic E-state index is -0.591. The van der Waals surface area contributed by atoms with Crippen molar-refractivity contribution in [1.29, 1.82) is 0 Å². The first-order valence-electron chi connectivity index (χ1n) is 5.49. The van der Waals surface area contributed by atoms with Gasteiger partial charge in [-0.05, 0) is 37.0 Å². The van der Waals surface area contributed by atoms with Crippen LogP contribution in [-0.2, 0) is 16.0 Å². The molecule has 1 aromatic carbocycles. The van der Waals surface area contributed by atoms with Gasteiger partial charge in [0.2, 0.25) is 0 Å². The standard InChI is InChI=1S/C13H15FO2/c1-16-13(6-3-7-13)12(15)9-10-4-2-5-11(14)8-10/h2,4-5,8H,3,6-7,9H2,1H3. The van der Waals surface area contributed by atoms with Crippen LogP contribution in [0.1, 0.15) is 24.8 Å². The van der Waals surface area contributed by atoms with E-state index in [0.717, 1.165) is 19.3 Å². The summed E-state index contributed by atoms with van der Waals surface area (Å²) >= 11 is 0. The summed E-state index contributed by atoms with van der Waals surface area (Å²) in [7, 11) is 1.57. The van der Waals surface area contributed by atoms with Crippen LogP contribution in [0.25, 0.3) is 0 Å². The van der Waals surface area contributed by atoms with E-state index in [1.807, 2.05) is 0 Å². The summed E-state index contributed by atoms with van der Waals surface area (Å²) in [5.74, 6) is -0.239. The Labute approximate surface area is 94.4 Å². The first kappa shape index (κ1) is 11.3. The highest BCUT2D eigenvalue weighted by molar-refractivity contribution is 5.90. The highest BCUT2D eigenvalue weighted by Gasteiger charge is 2.43. The van der Waals surface area contributed by atoms with Gasteiger partial charge in [-0.3, -0.25) is 4.79 Å². The molecule has 0 aromatic heterocycles. The fourth-order valence-corrected chi connectivity index (χ4v) is 2.09. The molecule has 1 aliphatic carbocycles. The summed E-state index contributed by atoms with van der Waals surface area (Å²) in [4.78, 5) is 12.0. The first-order chi connectivity index (χ1) is 7.66. The smallest absolute Gasteiger partial charge is 0.168 e. The van der Waals surface area contributed by atoms with Crippen LogP contribution in [0.5, 0.6) is 0 Å². The Bertz CT molecular complexity index is 391. The van der Waals surface area contributed by atoms with Crippen molar-refractivity contribution in [2.24, 2.45) is 0 Å². The second-order valence-electron chi connectivity index (χ2n) is 4.28. The van der Waals surface area contributed by atoms with Crippen LogP contribution in [0.3, 0.4) is 0 Å². The predicted octanol–water partition coefficient (Wildman–Crippen LogP) is 2.51. The lowest BCUT2D eigenvalue weighted by molar-refractivity contribution is -0.151. The van der Waals surface area contributed by atoms with E-state index < -0.39 is 5.60 Å². The molecule has 0 heterocycles. The van der Waals surface area contributed by atoms with Crippen LogP contribution < -0.4 is 0 Å². The Morgan fingerprint density at radius 3 is 2.75 bits per heavy atom. The largest absolute Gasteiger partial charge is 0.370 e. The minimum absolute atomic E-state index is 0.0619. The highest BCUT2D eigenvalue weighted by atomic mass is 19.1. The van der Waals surface area contributed by atoms with Gasteiger partial charge in [0, 0.05) is 13.5 Å². The summed E-state index contributed by atoms with van der Waals surface area (Å²) < 4.78 is 18.2. The van der Waals surface area contributed by atoms with Crippen molar-refractivity contribution in [3.63, 3.8) is 0 Å². The molecule has 3 heteroatoms. The van der Waals surface area contributed by atoms with Crippen molar-refractivity contribution < 1.29 is 13.9 Å². The molecule has 2 rings (SSSR count). The number of ketones is 1. The van der Waals surface area contributed by atoms with Gasteiger partial charge >= 0.3 is 0 Å². The third kappa shape index (κ3) is 2.00.